The summed E-state index contributed by atoms with van der Waals surface area (Å²) in [7, 11) is 0. The van der Waals surface area contributed by atoms with Crippen molar-refractivity contribution in [2.24, 2.45) is 16.0 Å². The number of amides is 1. The van der Waals surface area contributed by atoms with Crippen LogP contribution in [0.15, 0.2) is 58.6 Å². The molecule has 0 unspecified atom stereocenters. The second kappa shape index (κ2) is 13.1. The Balaban J connectivity index is 1.53. The highest BCUT2D eigenvalue weighted by Crippen LogP contribution is 2.31. The number of carbonyl (C=O) groups is 1. The topological polar surface area (TPSA) is 141 Å². The van der Waals surface area contributed by atoms with E-state index >= 15 is 0 Å². The fraction of sp³-hybridized carbons (Fsp3) is 0.481. The fourth-order valence-corrected chi connectivity index (χ4v) is 4.73. The third-order valence-corrected chi connectivity index (χ3v) is 6.80. The van der Waals surface area contributed by atoms with Gasteiger partial charge in [0.2, 0.25) is 5.90 Å². The zero-order valence-electron chi connectivity index (χ0n) is 20.9. The van der Waals surface area contributed by atoms with E-state index in [0.29, 0.717) is 48.4 Å². The molecule has 1 saturated carbocycles. The van der Waals surface area contributed by atoms with Gasteiger partial charge in [-0.05, 0) is 54.1 Å². The normalized spacial score (nSPS) is 19.4. The van der Waals surface area contributed by atoms with Crippen LogP contribution in [0.5, 0.6) is 5.75 Å². The Morgan fingerprint density at radius 3 is 2.73 bits per heavy atom. The van der Waals surface area contributed by atoms with Crippen molar-refractivity contribution in [3.63, 3.8) is 0 Å². The quantitative estimate of drug-likeness (QED) is 0.129. The molecule has 0 spiro atoms. The molecule has 1 aliphatic carbocycles. The number of nitrogens with zero attached hydrogens (tertiary/aromatic N) is 4. The average Bonchev–Trinajstić information content (AvgIpc) is 3.36. The summed E-state index contributed by atoms with van der Waals surface area (Å²) in [5.74, 6) is 1.30. The molecule has 4 rings (SSSR count). The summed E-state index contributed by atoms with van der Waals surface area (Å²) >= 11 is 0. The van der Waals surface area contributed by atoms with Crippen molar-refractivity contribution in [1.82, 2.24) is 10.9 Å². The number of carbonyl (C=O) groups excluding carboxylic acids is 1. The number of aliphatic hydroxyl groups is 1. The number of rotatable bonds is 12. The standard InChI is InChI=1S/C27H34N6O4/c28-33-31-24-10-5-4-9-22(24)17-27(26(35)32-29-18-20-7-2-1-3-8-20)19-37-25(30-27)21-11-13-23(14-12-21)36-16-6-15-34/h4-5,9-14,20,29,34H,1-3,6-8,15-19H2,(H,32,35)/t27-/m0/s1. The van der Waals surface area contributed by atoms with Crippen molar-refractivity contribution in [3.8, 4) is 5.75 Å². The van der Waals surface area contributed by atoms with Crippen LogP contribution in [0.1, 0.15) is 49.7 Å². The predicted octanol–water partition coefficient (Wildman–Crippen LogP) is 4.35. The number of azide groups is 1. The monoisotopic (exact) mass is 506 g/mol. The zero-order valence-corrected chi connectivity index (χ0v) is 20.9. The number of nitrogens with one attached hydrogen (secondary N) is 2. The second-order valence-corrected chi connectivity index (χ2v) is 9.52. The van der Waals surface area contributed by atoms with E-state index in [4.69, 9.17) is 25.1 Å². The smallest absolute Gasteiger partial charge is 0.266 e. The number of ether oxygens (including phenoxy) is 2. The Labute approximate surface area is 216 Å². The number of aliphatic hydroxyl groups excluding tert-OH is 1. The fourth-order valence-electron chi connectivity index (χ4n) is 4.73. The molecule has 1 aliphatic heterocycles. The molecule has 2 aliphatic rings. The third-order valence-electron chi connectivity index (χ3n) is 6.80. The molecule has 10 nitrogen and oxygen atoms in total. The van der Waals surface area contributed by atoms with E-state index in [1.807, 2.05) is 24.3 Å². The number of hydrogen-bond acceptors (Lipinski definition) is 7. The molecule has 1 atom stereocenters. The molecule has 2 aromatic carbocycles. The molecule has 1 fully saturated rings. The first kappa shape index (κ1) is 26.5. The number of hydrazine groups is 1. The lowest BCUT2D eigenvalue weighted by atomic mass is 9.89. The van der Waals surface area contributed by atoms with Gasteiger partial charge in [-0.25, -0.2) is 10.4 Å². The molecule has 1 amide bonds. The van der Waals surface area contributed by atoms with Crippen LogP contribution in [-0.2, 0) is 16.0 Å². The van der Waals surface area contributed by atoms with Crippen molar-refractivity contribution in [2.75, 3.05) is 26.4 Å². The van der Waals surface area contributed by atoms with Gasteiger partial charge in [-0.2, -0.15) is 0 Å². The minimum atomic E-state index is -1.23. The van der Waals surface area contributed by atoms with E-state index in [9.17, 15) is 4.79 Å². The van der Waals surface area contributed by atoms with Crippen molar-refractivity contribution in [1.29, 1.82) is 0 Å². The molecule has 0 radical (unpaired) electrons. The Hall–Kier alpha value is -3.59. The summed E-state index contributed by atoms with van der Waals surface area (Å²) < 4.78 is 11.6. The van der Waals surface area contributed by atoms with E-state index in [1.54, 1.807) is 24.3 Å². The molecule has 0 bridgehead atoms. The summed E-state index contributed by atoms with van der Waals surface area (Å²) in [5, 5.41) is 12.7. The molecular weight excluding hydrogens is 472 g/mol. The van der Waals surface area contributed by atoms with E-state index in [2.05, 4.69) is 20.9 Å². The summed E-state index contributed by atoms with van der Waals surface area (Å²) in [4.78, 5) is 21.3. The Morgan fingerprint density at radius 2 is 1.97 bits per heavy atom. The lowest BCUT2D eigenvalue weighted by molar-refractivity contribution is -0.127. The summed E-state index contributed by atoms with van der Waals surface area (Å²) in [6.07, 6.45) is 6.84. The van der Waals surface area contributed by atoms with Gasteiger partial charge >= 0.3 is 0 Å². The SMILES string of the molecule is [N-]=[N+]=Nc1ccccc1C[C@@]1(C(=O)NNCC2CCCCC2)COC(c2ccc(OCCCO)cc2)=N1. The first-order valence-corrected chi connectivity index (χ1v) is 12.9. The van der Waals surface area contributed by atoms with Crippen LogP contribution < -0.4 is 15.6 Å². The van der Waals surface area contributed by atoms with Gasteiger partial charge in [-0.1, -0.05) is 48.6 Å². The highest BCUT2D eigenvalue weighted by atomic mass is 16.5. The van der Waals surface area contributed by atoms with Gasteiger partial charge in [0.05, 0.1) is 6.61 Å². The number of benzene rings is 2. The summed E-state index contributed by atoms with van der Waals surface area (Å²) in [6, 6.07) is 14.5. The van der Waals surface area contributed by atoms with Crippen molar-refractivity contribution in [3.05, 3.63) is 70.1 Å². The van der Waals surface area contributed by atoms with Crippen LogP contribution in [0, 0.1) is 5.92 Å². The van der Waals surface area contributed by atoms with Crippen LogP contribution in [0.25, 0.3) is 10.4 Å². The molecule has 3 N–H and O–H groups in total. The van der Waals surface area contributed by atoms with Crippen LogP contribution in [0.2, 0.25) is 0 Å². The summed E-state index contributed by atoms with van der Waals surface area (Å²) in [6.45, 7) is 1.27. The zero-order chi connectivity index (χ0) is 25.9. The first-order chi connectivity index (χ1) is 18.1. The van der Waals surface area contributed by atoms with E-state index < -0.39 is 5.54 Å². The highest BCUT2D eigenvalue weighted by molar-refractivity contribution is 6.00. The highest BCUT2D eigenvalue weighted by Gasteiger charge is 2.45. The molecule has 196 valence electrons. The van der Waals surface area contributed by atoms with Gasteiger partial charge in [0.25, 0.3) is 5.91 Å². The molecule has 0 aromatic heterocycles. The molecule has 37 heavy (non-hydrogen) atoms. The van der Waals surface area contributed by atoms with Gasteiger partial charge in [-0.15, -0.1) is 0 Å². The maximum Gasteiger partial charge on any atom is 0.266 e. The van der Waals surface area contributed by atoms with E-state index in [-0.39, 0.29) is 25.5 Å². The van der Waals surface area contributed by atoms with Crippen molar-refractivity contribution < 1.29 is 19.4 Å². The van der Waals surface area contributed by atoms with Gasteiger partial charge < -0.3 is 14.6 Å². The van der Waals surface area contributed by atoms with Crippen LogP contribution >= 0.6 is 0 Å². The van der Waals surface area contributed by atoms with Crippen LogP contribution in [-0.4, -0.2) is 48.8 Å². The average molecular weight is 507 g/mol. The van der Waals surface area contributed by atoms with Crippen LogP contribution in [0.3, 0.4) is 0 Å². The predicted molar refractivity (Wildman–Crippen MR) is 141 cm³/mol. The molecular formula is C27H34N6O4. The number of aliphatic imine (C=N–C) groups is 1. The molecule has 2 aromatic rings. The lowest BCUT2D eigenvalue weighted by Gasteiger charge is -2.26. The van der Waals surface area contributed by atoms with Crippen molar-refractivity contribution >= 4 is 17.5 Å². The van der Waals surface area contributed by atoms with Crippen molar-refractivity contribution in [2.45, 2.75) is 50.5 Å². The Kier molecular flexibility index (Phi) is 9.37. The minimum Gasteiger partial charge on any atom is -0.494 e. The minimum absolute atomic E-state index is 0.0542. The third kappa shape index (κ3) is 7.01. The first-order valence-electron chi connectivity index (χ1n) is 12.9. The largest absolute Gasteiger partial charge is 0.494 e. The Bertz CT molecular complexity index is 1130. The van der Waals surface area contributed by atoms with Crippen LogP contribution in [0.4, 0.5) is 5.69 Å². The van der Waals surface area contributed by atoms with Gasteiger partial charge in [0.1, 0.15) is 12.4 Å². The second-order valence-electron chi connectivity index (χ2n) is 9.52. The molecule has 0 saturated heterocycles. The van der Waals surface area contributed by atoms with Gasteiger partial charge in [0.15, 0.2) is 5.54 Å². The van der Waals surface area contributed by atoms with E-state index in [0.717, 1.165) is 5.56 Å². The van der Waals surface area contributed by atoms with Gasteiger partial charge in [0, 0.05) is 42.2 Å². The number of hydrogen-bond donors (Lipinski definition) is 3. The maximum absolute atomic E-state index is 13.6. The van der Waals surface area contributed by atoms with E-state index in [1.165, 1.54) is 32.1 Å². The molecule has 10 heteroatoms. The molecule has 1 heterocycles. The lowest BCUT2D eigenvalue weighted by Crippen LogP contribution is -2.53. The maximum atomic E-state index is 13.6. The Morgan fingerprint density at radius 1 is 1.19 bits per heavy atom. The van der Waals surface area contributed by atoms with Gasteiger partial charge in [-0.3, -0.25) is 10.2 Å². The summed E-state index contributed by atoms with van der Waals surface area (Å²) in [5.41, 5.74) is 15.7.